The number of hydrogen-bond acceptors (Lipinski definition) is 4. The van der Waals surface area contributed by atoms with Crippen LogP contribution in [0.25, 0.3) is 11.1 Å². The number of amides is 1. The van der Waals surface area contributed by atoms with Crippen molar-refractivity contribution in [3.8, 4) is 17.2 Å². The van der Waals surface area contributed by atoms with E-state index >= 15 is 0 Å². The zero-order chi connectivity index (χ0) is 21.8. The van der Waals surface area contributed by atoms with Gasteiger partial charge < -0.3 is 14.6 Å². The smallest absolute Gasteiger partial charge is 0.340 e. The Morgan fingerprint density at radius 3 is 2.20 bits per heavy atom. The number of carbonyl (C=O) groups is 2. The molecule has 2 aromatic carbocycles. The number of benzene rings is 2. The van der Waals surface area contributed by atoms with Crippen molar-refractivity contribution in [1.82, 2.24) is 9.88 Å². The Kier molecular flexibility index (Phi) is 6.03. The van der Waals surface area contributed by atoms with Crippen molar-refractivity contribution in [2.45, 2.75) is 20.4 Å². The van der Waals surface area contributed by atoms with Crippen molar-refractivity contribution in [2.75, 3.05) is 14.2 Å². The highest BCUT2D eigenvalue weighted by Gasteiger charge is 2.24. The standard InChI is InChI=1S/C24H23N3O3/c1-15-21(19-9-5-17(13-25)6-10-19)22(24(29)30-4)16(2)27(15)14-18-7-11-20(12-8-18)23(28)26-3/h5-12H,14H2,1-4H3,(H,26,28). The van der Waals surface area contributed by atoms with E-state index < -0.39 is 5.97 Å². The minimum absolute atomic E-state index is 0.133. The molecule has 1 heterocycles. The average molecular weight is 401 g/mol. The molecule has 3 rings (SSSR count). The van der Waals surface area contributed by atoms with Gasteiger partial charge in [0.15, 0.2) is 0 Å². The molecule has 0 aliphatic carbocycles. The van der Waals surface area contributed by atoms with Gasteiger partial charge in [-0.25, -0.2) is 4.79 Å². The molecule has 0 unspecified atom stereocenters. The third kappa shape index (κ3) is 3.83. The highest BCUT2D eigenvalue weighted by Crippen LogP contribution is 2.33. The van der Waals surface area contributed by atoms with Gasteiger partial charge in [0, 0.05) is 36.1 Å². The molecule has 0 atom stereocenters. The number of ether oxygens (including phenoxy) is 1. The number of hydrogen-bond donors (Lipinski definition) is 1. The molecule has 0 fully saturated rings. The van der Waals surface area contributed by atoms with Crippen LogP contribution in [-0.2, 0) is 11.3 Å². The molecule has 1 N–H and O–H groups in total. The van der Waals surface area contributed by atoms with Gasteiger partial charge in [-0.15, -0.1) is 0 Å². The summed E-state index contributed by atoms with van der Waals surface area (Å²) in [5.74, 6) is -0.533. The summed E-state index contributed by atoms with van der Waals surface area (Å²) in [5, 5.41) is 11.7. The predicted molar refractivity (Wildman–Crippen MR) is 114 cm³/mol. The number of nitrogens with zero attached hydrogens (tertiary/aromatic N) is 2. The number of nitrogens with one attached hydrogen (secondary N) is 1. The summed E-state index contributed by atoms with van der Waals surface area (Å²) in [6.45, 7) is 4.41. The SMILES string of the molecule is CNC(=O)c1ccc(Cn2c(C)c(C(=O)OC)c(-c3ccc(C#N)cc3)c2C)cc1. The topological polar surface area (TPSA) is 84.1 Å². The Bertz CT molecular complexity index is 1130. The van der Waals surface area contributed by atoms with Crippen LogP contribution in [0.15, 0.2) is 48.5 Å². The van der Waals surface area contributed by atoms with Crippen LogP contribution in [0.2, 0.25) is 0 Å². The fraction of sp³-hybridized carbons (Fsp3) is 0.208. The Labute approximate surface area is 175 Å². The Hall–Kier alpha value is -3.85. The van der Waals surface area contributed by atoms with E-state index in [0.717, 1.165) is 28.1 Å². The number of aromatic nitrogens is 1. The number of carbonyl (C=O) groups excluding carboxylic acids is 2. The zero-order valence-electron chi connectivity index (χ0n) is 17.4. The summed E-state index contributed by atoms with van der Waals surface area (Å²) < 4.78 is 7.11. The molecular formula is C24H23N3O3. The summed E-state index contributed by atoms with van der Waals surface area (Å²) in [5.41, 5.74) is 6.05. The second kappa shape index (κ2) is 8.66. The molecule has 0 spiro atoms. The Morgan fingerprint density at radius 2 is 1.67 bits per heavy atom. The van der Waals surface area contributed by atoms with Crippen LogP contribution < -0.4 is 5.32 Å². The minimum atomic E-state index is -0.399. The maximum absolute atomic E-state index is 12.6. The first-order chi connectivity index (χ1) is 14.4. The van der Waals surface area contributed by atoms with E-state index in [1.54, 1.807) is 31.3 Å². The van der Waals surface area contributed by atoms with E-state index in [0.29, 0.717) is 23.2 Å². The molecule has 0 saturated heterocycles. The third-order valence-electron chi connectivity index (χ3n) is 5.26. The first-order valence-corrected chi connectivity index (χ1v) is 9.50. The lowest BCUT2D eigenvalue weighted by atomic mass is 9.99. The van der Waals surface area contributed by atoms with Crippen LogP contribution in [0.5, 0.6) is 0 Å². The molecule has 0 radical (unpaired) electrons. The maximum Gasteiger partial charge on any atom is 0.340 e. The van der Waals surface area contributed by atoms with Gasteiger partial charge in [0.1, 0.15) is 0 Å². The van der Waals surface area contributed by atoms with E-state index in [9.17, 15) is 9.59 Å². The summed E-state index contributed by atoms with van der Waals surface area (Å²) in [4.78, 5) is 24.4. The van der Waals surface area contributed by atoms with Crippen LogP contribution in [0.1, 0.15) is 43.2 Å². The van der Waals surface area contributed by atoms with Crippen LogP contribution in [0.3, 0.4) is 0 Å². The van der Waals surface area contributed by atoms with Gasteiger partial charge in [-0.3, -0.25) is 4.79 Å². The van der Waals surface area contributed by atoms with Crippen molar-refractivity contribution >= 4 is 11.9 Å². The molecule has 0 bridgehead atoms. The second-order valence-corrected chi connectivity index (χ2v) is 6.96. The molecule has 152 valence electrons. The first-order valence-electron chi connectivity index (χ1n) is 9.50. The summed E-state index contributed by atoms with van der Waals surface area (Å²) in [7, 11) is 2.97. The molecule has 1 aromatic heterocycles. The molecule has 1 amide bonds. The van der Waals surface area contributed by atoms with Crippen LogP contribution in [0, 0.1) is 25.2 Å². The lowest BCUT2D eigenvalue weighted by Crippen LogP contribution is -2.17. The second-order valence-electron chi connectivity index (χ2n) is 6.96. The summed E-state index contributed by atoms with van der Waals surface area (Å²) in [6, 6.07) is 16.6. The fourth-order valence-corrected chi connectivity index (χ4v) is 3.63. The number of nitriles is 1. The predicted octanol–water partition coefficient (Wildman–Crippen LogP) is 3.84. The van der Waals surface area contributed by atoms with Gasteiger partial charge in [-0.1, -0.05) is 24.3 Å². The van der Waals surface area contributed by atoms with Crippen molar-refractivity contribution < 1.29 is 14.3 Å². The lowest BCUT2D eigenvalue weighted by Gasteiger charge is -2.11. The summed E-state index contributed by atoms with van der Waals surface area (Å²) in [6.07, 6.45) is 0. The highest BCUT2D eigenvalue weighted by atomic mass is 16.5. The highest BCUT2D eigenvalue weighted by molar-refractivity contribution is 5.99. The van der Waals surface area contributed by atoms with Crippen molar-refractivity contribution in [1.29, 1.82) is 5.26 Å². The largest absolute Gasteiger partial charge is 0.465 e. The quantitative estimate of drug-likeness (QED) is 0.659. The van der Waals surface area contributed by atoms with Gasteiger partial charge in [-0.2, -0.15) is 5.26 Å². The Morgan fingerprint density at radius 1 is 1.03 bits per heavy atom. The van der Waals surface area contributed by atoms with E-state index in [1.165, 1.54) is 7.11 Å². The van der Waals surface area contributed by atoms with E-state index in [1.807, 2.05) is 38.1 Å². The van der Waals surface area contributed by atoms with Crippen molar-refractivity contribution in [3.63, 3.8) is 0 Å². The van der Waals surface area contributed by atoms with E-state index in [-0.39, 0.29) is 5.91 Å². The molecule has 0 aliphatic heterocycles. The monoisotopic (exact) mass is 401 g/mol. The van der Waals surface area contributed by atoms with Crippen molar-refractivity contribution in [2.24, 2.45) is 0 Å². The average Bonchev–Trinajstić information content (AvgIpc) is 3.03. The van der Waals surface area contributed by atoms with Crippen LogP contribution >= 0.6 is 0 Å². The fourth-order valence-electron chi connectivity index (χ4n) is 3.63. The third-order valence-corrected chi connectivity index (χ3v) is 5.26. The Balaban J connectivity index is 2.07. The zero-order valence-corrected chi connectivity index (χ0v) is 17.4. The van der Waals surface area contributed by atoms with E-state index in [4.69, 9.17) is 10.00 Å². The lowest BCUT2D eigenvalue weighted by molar-refractivity contribution is 0.0600. The van der Waals surface area contributed by atoms with Crippen LogP contribution in [0.4, 0.5) is 0 Å². The van der Waals surface area contributed by atoms with Gasteiger partial charge in [-0.05, 0) is 49.2 Å². The van der Waals surface area contributed by atoms with Gasteiger partial charge in [0.25, 0.3) is 5.91 Å². The maximum atomic E-state index is 12.6. The molecular weight excluding hydrogens is 378 g/mol. The van der Waals surface area contributed by atoms with Gasteiger partial charge >= 0.3 is 5.97 Å². The minimum Gasteiger partial charge on any atom is -0.465 e. The molecule has 3 aromatic rings. The molecule has 0 saturated carbocycles. The van der Waals surface area contributed by atoms with Crippen LogP contribution in [-0.4, -0.2) is 30.6 Å². The molecule has 6 heteroatoms. The normalized spacial score (nSPS) is 10.4. The summed E-state index contributed by atoms with van der Waals surface area (Å²) >= 11 is 0. The number of rotatable bonds is 5. The van der Waals surface area contributed by atoms with E-state index in [2.05, 4.69) is 16.0 Å². The first kappa shape index (κ1) is 20.9. The molecule has 6 nitrogen and oxygen atoms in total. The molecule has 30 heavy (non-hydrogen) atoms. The van der Waals surface area contributed by atoms with Gasteiger partial charge in [0.05, 0.1) is 24.3 Å². The van der Waals surface area contributed by atoms with Gasteiger partial charge in [0.2, 0.25) is 0 Å². The number of methoxy groups -OCH3 is 1. The number of esters is 1. The van der Waals surface area contributed by atoms with Crippen molar-refractivity contribution in [3.05, 3.63) is 82.2 Å². The molecule has 0 aliphatic rings.